The summed E-state index contributed by atoms with van der Waals surface area (Å²) in [7, 11) is 0. The maximum atomic E-state index is 9.56. The van der Waals surface area contributed by atoms with Crippen molar-refractivity contribution in [1.29, 1.82) is 0 Å². The van der Waals surface area contributed by atoms with Crippen molar-refractivity contribution in [1.82, 2.24) is 14.9 Å². The fourth-order valence-corrected chi connectivity index (χ4v) is 3.37. The number of hydrogen-bond donors (Lipinski definition) is 1. The van der Waals surface area contributed by atoms with Crippen LogP contribution in [0.5, 0.6) is 5.75 Å². The second-order valence-corrected chi connectivity index (χ2v) is 6.24. The van der Waals surface area contributed by atoms with Gasteiger partial charge in [-0.3, -0.25) is 14.9 Å². The fourth-order valence-electron chi connectivity index (χ4n) is 3.37. The van der Waals surface area contributed by atoms with Crippen molar-refractivity contribution < 1.29 is 9.84 Å². The minimum absolute atomic E-state index is 0.00536. The lowest BCUT2D eigenvalue weighted by Crippen LogP contribution is -2.34. The van der Waals surface area contributed by atoms with E-state index in [4.69, 9.17) is 4.74 Å². The Balaban J connectivity index is 1.67. The van der Waals surface area contributed by atoms with Crippen LogP contribution in [0.4, 0.5) is 0 Å². The Morgan fingerprint density at radius 2 is 2.25 bits per heavy atom. The molecule has 1 atom stereocenters. The summed E-state index contributed by atoms with van der Waals surface area (Å²) in [6.07, 6.45) is 7.72. The molecular weight excluding hydrogens is 302 g/mol. The molecule has 2 heterocycles. The third-order valence-corrected chi connectivity index (χ3v) is 4.51. The first-order chi connectivity index (χ1) is 11.8. The molecule has 1 fully saturated rings. The van der Waals surface area contributed by atoms with Crippen LogP contribution in [0.25, 0.3) is 0 Å². The lowest BCUT2D eigenvalue weighted by atomic mass is 9.94. The Bertz CT molecular complexity index is 648. The Hall–Kier alpha value is -1.98. The van der Waals surface area contributed by atoms with Crippen molar-refractivity contribution in [3.05, 3.63) is 53.6 Å². The number of aliphatic hydroxyl groups excluding tert-OH is 1. The first-order valence-corrected chi connectivity index (χ1v) is 8.64. The van der Waals surface area contributed by atoms with Crippen LogP contribution in [0, 0.1) is 0 Å². The summed E-state index contributed by atoms with van der Waals surface area (Å²) in [5.41, 5.74) is 3.16. The van der Waals surface area contributed by atoms with Gasteiger partial charge in [0.1, 0.15) is 5.75 Å². The van der Waals surface area contributed by atoms with E-state index in [9.17, 15) is 5.11 Å². The Labute approximate surface area is 143 Å². The number of aliphatic hydroxyl groups is 1. The number of aromatic nitrogens is 2. The molecule has 24 heavy (non-hydrogen) atoms. The van der Waals surface area contributed by atoms with Crippen LogP contribution in [0.1, 0.15) is 42.5 Å². The van der Waals surface area contributed by atoms with Gasteiger partial charge < -0.3 is 9.84 Å². The van der Waals surface area contributed by atoms with Crippen molar-refractivity contribution in [3.63, 3.8) is 0 Å². The highest BCUT2D eigenvalue weighted by atomic mass is 16.5. The zero-order valence-corrected chi connectivity index (χ0v) is 14.2. The Morgan fingerprint density at radius 1 is 1.33 bits per heavy atom. The zero-order valence-electron chi connectivity index (χ0n) is 14.2. The van der Waals surface area contributed by atoms with Crippen molar-refractivity contribution in [2.75, 3.05) is 19.7 Å². The van der Waals surface area contributed by atoms with Gasteiger partial charge in [0.15, 0.2) is 0 Å². The number of piperidine rings is 1. The van der Waals surface area contributed by atoms with Crippen molar-refractivity contribution >= 4 is 0 Å². The first kappa shape index (κ1) is 16.9. The largest absolute Gasteiger partial charge is 0.494 e. The van der Waals surface area contributed by atoms with E-state index in [1.165, 1.54) is 18.4 Å². The molecule has 128 valence electrons. The lowest BCUT2D eigenvalue weighted by molar-refractivity contribution is 0.198. The standard InChI is InChI=1S/C19H25N3O2/c1-2-24-19-6-5-15(10-17(19)14-23)12-22-9-3-4-16(13-22)18-11-20-7-8-21-18/h5-8,10-11,16,23H,2-4,9,12-14H2,1H3. The molecule has 1 N–H and O–H groups in total. The van der Waals surface area contributed by atoms with E-state index in [2.05, 4.69) is 27.0 Å². The summed E-state index contributed by atoms with van der Waals surface area (Å²) in [5, 5.41) is 9.56. The Morgan fingerprint density at radius 3 is 3.00 bits per heavy atom. The number of hydrogen-bond acceptors (Lipinski definition) is 5. The molecule has 0 aliphatic carbocycles. The van der Waals surface area contributed by atoms with Crippen LogP contribution in [-0.2, 0) is 13.2 Å². The van der Waals surface area contributed by atoms with Gasteiger partial charge in [-0.15, -0.1) is 0 Å². The second kappa shape index (κ2) is 8.22. The highest BCUT2D eigenvalue weighted by molar-refractivity contribution is 5.37. The molecule has 1 aromatic heterocycles. The molecular formula is C19H25N3O2. The van der Waals surface area contributed by atoms with E-state index in [-0.39, 0.29) is 6.61 Å². The highest BCUT2D eigenvalue weighted by Gasteiger charge is 2.22. The minimum atomic E-state index is 0.00536. The predicted molar refractivity (Wildman–Crippen MR) is 92.8 cm³/mol. The summed E-state index contributed by atoms with van der Waals surface area (Å²) in [4.78, 5) is 11.1. The summed E-state index contributed by atoms with van der Waals surface area (Å²) >= 11 is 0. The van der Waals surface area contributed by atoms with Gasteiger partial charge in [0, 0.05) is 43.2 Å². The summed E-state index contributed by atoms with van der Waals surface area (Å²) in [5.74, 6) is 1.23. The SMILES string of the molecule is CCOc1ccc(CN2CCCC(c3cnccn3)C2)cc1CO. The molecule has 1 aliphatic rings. The van der Waals surface area contributed by atoms with Crippen LogP contribution in [-0.4, -0.2) is 39.7 Å². The van der Waals surface area contributed by atoms with E-state index in [1.54, 1.807) is 12.4 Å². The maximum absolute atomic E-state index is 9.56. The molecule has 1 aliphatic heterocycles. The van der Waals surface area contributed by atoms with E-state index in [0.29, 0.717) is 12.5 Å². The molecule has 1 aromatic carbocycles. The van der Waals surface area contributed by atoms with Gasteiger partial charge in [0.25, 0.3) is 0 Å². The number of nitrogens with zero attached hydrogens (tertiary/aromatic N) is 3. The third kappa shape index (κ3) is 4.10. The molecule has 5 heteroatoms. The first-order valence-electron chi connectivity index (χ1n) is 8.64. The normalized spacial score (nSPS) is 18.5. The van der Waals surface area contributed by atoms with Gasteiger partial charge in [0.2, 0.25) is 0 Å². The smallest absolute Gasteiger partial charge is 0.124 e. The Kier molecular flexibility index (Phi) is 5.77. The van der Waals surface area contributed by atoms with E-state index < -0.39 is 0 Å². The molecule has 0 amide bonds. The van der Waals surface area contributed by atoms with Gasteiger partial charge in [-0.05, 0) is 44.0 Å². The lowest BCUT2D eigenvalue weighted by Gasteiger charge is -2.32. The van der Waals surface area contributed by atoms with E-state index >= 15 is 0 Å². The summed E-state index contributed by atoms with van der Waals surface area (Å²) < 4.78 is 5.56. The molecule has 1 unspecified atom stereocenters. The monoisotopic (exact) mass is 327 g/mol. The van der Waals surface area contributed by atoms with Gasteiger partial charge in [-0.1, -0.05) is 6.07 Å². The number of benzene rings is 1. The van der Waals surface area contributed by atoms with Crippen LogP contribution in [0.2, 0.25) is 0 Å². The molecule has 0 spiro atoms. The molecule has 0 bridgehead atoms. The van der Waals surface area contributed by atoms with Crippen molar-refractivity contribution in [2.45, 2.75) is 38.8 Å². The molecule has 1 saturated heterocycles. The zero-order chi connectivity index (χ0) is 16.8. The van der Waals surface area contributed by atoms with Gasteiger partial charge in [-0.2, -0.15) is 0 Å². The number of likely N-dealkylation sites (tertiary alicyclic amines) is 1. The molecule has 3 rings (SSSR count). The van der Waals surface area contributed by atoms with Crippen molar-refractivity contribution in [2.24, 2.45) is 0 Å². The fraction of sp³-hybridized carbons (Fsp3) is 0.474. The predicted octanol–water partition coefficient (Wildman–Crippen LogP) is 2.75. The average Bonchev–Trinajstić information content (AvgIpc) is 2.64. The van der Waals surface area contributed by atoms with Crippen LogP contribution in [0.15, 0.2) is 36.8 Å². The van der Waals surface area contributed by atoms with E-state index in [1.807, 2.05) is 19.2 Å². The molecule has 0 saturated carbocycles. The number of rotatable bonds is 6. The minimum Gasteiger partial charge on any atom is -0.494 e. The van der Waals surface area contributed by atoms with Gasteiger partial charge in [0.05, 0.1) is 18.9 Å². The van der Waals surface area contributed by atoms with Crippen LogP contribution >= 0.6 is 0 Å². The third-order valence-electron chi connectivity index (χ3n) is 4.51. The molecule has 5 nitrogen and oxygen atoms in total. The van der Waals surface area contributed by atoms with Gasteiger partial charge in [-0.25, -0.2) is 0 Å². The van der Waals surface area contributed by atoms with E-state index in [0.717, 1.165) is 36.6 Å². The van der Waals surface area contributed by atoms with Crippen molar-refractivity contribution in [3.8, 4) is 5.75 Å². The summed E-state index contributed by atoms with van der Waals surface area (Å²) in [6.45, 7) is 5.55. The van der Waals surface area contributed by atoms with Crippen LogP contribution < -0.4 is 4.74 Å². The average molecular weight is 327 g/mol. The maximum Gasteiger partial charge on any atom is 0.124 e. The second-order valence-electron chi connectivity index (χ2n) is 6.24. The van der Waals surface area contributed by atoms with Gasteiger partial charge >= 0.3 is 0 Å². The summed E-state index contributed by atoms with van der Waals surface area (Å²) in [6, 6.07) is 6.11. The quantitative estimate of drug-likeness (QED) is 0.884. The molecule has 0 radical (unpaired) electrons. The topological polar surface area (TPSA) is 58.5 Å². The highest BCUT2D eigenvalue weighted by Crippen LogP contribution is 2.27. The molecule has 2 aromatic rings. The number of ether oxygens (including phenoxy) is 1. The van der Waals surface area contributed by atoms with Crippen LogP contribution in [0.3, 0.4) is 0 Å².